The lowest BCUT2D eigenvalue weighted by atomic mass is 9.89. The molecule has 1 aromatic carbocycles. The van der Waals surface area contributed by atoms with Gasteiger partial charge in [0.25, 0.3) is 0 Å². The molecule has 14 heteroatoms. The number of aliphatic hydroxyl groups is 1. The predicted octanol–water partition coefficient (Wildman–Crippen LogP) is 2.22. The van der Waals surface area contributed by atoms with Gasteiger partial charge < -0.3 is 39.8 Å². The number of hydrogen-bond acceptors (Lipinski definition) is 9. The van der Waals surface area contributed by atoms with E-state index in [4.69, 9.17) is 14.2 Å². The number of carbonyl (C=O) groups excluding carboxylic acids is 5. The van der Waals surface area contributed by atoms with E-state index >= 15 is 0 Å². The highest BCUT2D eigenvalue weighted by Crippen LogP contribution is 2.30. The van der Waals surface area contributed by atoms with Crippen molar-refractivity contribution in [3.8, 4) is 0 Å². The van der Waals surface area contributed by atoms with Crippen LogP contribution < -0.4 is 10.6 Å². The maximum atomic E-state index is 14.1. The number of likely N-dealkylation sites (N-methyl/N-ethyl adjacent to an activating group) is 2. The van der Waals surface area contributed by atoms with Crippen molar-refractivity contribution in [2.24, 2.45) is 17.8 Å². The summed E-state index contributed by atoms with van der Waals surface area (Å²) in [6.45, 7) is 9.63. The Balaban J connectivity index is 1.74. The lowest BCUT2D eigenvalue weighted by Crippen LogP contribution is -2.59. The van der Waals surface area contributed by atoms with Gasteiger partial charge in [-0.2, -0.15) is 0 Å². The molecule has 14 nitrogen and oxygen atoms in total. The van der Waals surface area contributed by atoms with Crippen LogP contribution in [0.25, 0.3) is 0 Å². The number of methoxy groups -OCH3 is 2. The molecule has 1 aromatic rings. The van der Waals surface area contributed by atoms with Crippen molar-refractivity contribution in [1.29, 1.82) is 0 Å². The fraction of sp³-hybridized carbons (Fsp3) is 0.711. The molecule has 2 aliphatic heterocycles. The number of aliphatic hydroxyl groups excluding tert-OH is 1. The summed E-state index contributed by atoms with van der Waals surface area (Å²) in [6, 6.07) is 6.56. The highest BCUT2D eigenvalue weighted by atomic mass is 16.6. The van der Waals surface area contributed by atoms with Crippen molar-refractivity contribution in [3.05, 3.63) is 35.9 Å². The van der Waals surface area contributed by atoms with Crippen LogP contribution >= 0.6 is 0 Å². The van der Waals surface area contributed by atoms with Crippen LogP contribution in [-0.4, -0.2) is 140 Å². The molecule has 2 heterocycles. The van der Waals surface area contributed by atoms with E-state index in [1.54, 1.807) is 30.9 Å². The van der Waals surface area contributed by atoms with Gasteiger partial charge in [0.05, 0.1) is 49.3 Å². The van der Waals surface area contributed by atoms with Gasteiger partial charge in [0.1, 0.15) is 18.7 Å². The van der Waals surface area contributed by atoms with Gasteiger partial charge in [0.15, 0.2) is 0 Å². The largest absolute Gasteiger partial charge is 0.447 e. The summed E-state index contributed by atoms with van der Waals surface area (Å²) in [5, 5.41) is 15.8. The van der Waals surface area contributed by atoms with Crippen LogP contribution in [0.3, 0.4) is 0 Å². The molecule has 0 aromatic heterocycles. The lowest BCUT2D eigenvalue weighted by Gasteiger charge is -2.41. The molecule has 3 rings (SSSR count). The van der Waals surface area contributed by atoms with E-state index in [1.165, 1.54) is 19.1 Å². The fourth-order valence-corrected chi connectivity index (χ4v) is 7.42. The number of nitrogens with one attached hydrogen (secondary N) is 2. The maximum Gasteiger partial charge on any atom is 0.410 e. The molecular formula is C38H61N5O9. The maximum absolute atomic E-state index is 14.1. The Hall–Kier alpha value is -3.75. The number of cyclic esters (lactones) is 1. The molecule has 52 heavy (non-hydrogen) atoms. The Morgan fingerprint density at radius 2 is 1.73 bits per heavy atom. The van der Waals surface area contributed by atoms with Crippen molar-refractivity contribution < 1.29 is 43.3 Å². The summed E-state index contributed by atoms with van der Waals surface area (Å²) in [6.07, 6.45) is 0.709. The number of benzene rings is 1. The van der Waals surface area contributed by atoms with Crippen molar-refractivity contribution in [1.82, 2.24) is 25.3 Å². The first-order valence-corrected chi connectivity index (χ1v) is 18.5. The monoisotopic (exact) mass is 731 g/mol. The molecule has 3 N–H and O–H groups in total. The van der Waals surface area contributed by atoms with Crippen LogP contribution in [0, 0.1) is 17.8 Å². The molecule has 2 aliphatic rings. The van der Waals surface area contributed by atoms with E-state index in [2.05, 4.69) is 10.6 Å². The minimum Gasteiger partial charge on any atom is -0.447 e. The average Bonchev–Trinajstić information content (AvgIpc) is 3.75. The van der Waals surface area contributed by atoms with Crippen LogP contribution in [0.4, 0.5) is 4.79 Å². The van der Waals surface area contributed by atoms with Gasteiger partial charge in [0.2, 0.25) is 23.6 Å². The van der Waals surface area contributed by atoms with Gasteiger partial charge in [0, 0.05) is 34.9 Å². The number of carbonyl (C=O) groups is 5. The number of nitrogens with zero attached hydrogens (tertiary/aromatic N) is 3. The third-order valence-electron chi connectivity index (χ3n) is 10.8. The van der Waals surface area contributed by atoms with Crippen molar-refractivity contribution >= 4 is 29.7 Å². The Kier molecular flexibility index (Phi) is 16.3. The summed E-state index contributed by atoms with van der Waals surface area (Å²) in [5.74, 6) is -2.20. The number of hydrogen-bond donors (Lipinski definition) is 3. The van der Waals surface area contributed by atoms with E-state index in [9.17, 15) is 29.1 Å². The predicted molar refractivity (Wildman–Crippen MR) is 195 cm³/mol. The van der Waals surface area contributed by atoms with Crippen LogP contribution in [-0.2, 0) is 39.8 Å². The van der Waals surface area contributed by atoms with E-state index in [0.717, 1.165) is 12.0 Å². The third kappa shape index (κ3) is 10.4. The Labute approximate surface area is 308 Å². The van der Waals surface area contributed by atoms with Gasteiger partial charge in [-0.05, 0) is 36.7 Å². The number of ether oxygens (including phenoxy) is 3. The van der Waals surface area contributed by atoms with Gasteiger partial charge in [-0.25, -0.2) is 4.79 Å². The molecule has 0 aliphatic carbocycles. The molecule has 292 valence electrons. The molecule has 0 spiro atoms. The Morgan fingerprint density at radius 1 is 1.06 bits per heavy atom. The SMILES string of the molecule is CC[C@H](C)[C@@H]([C@@H](CC(=O)N1CCC[C@H]1[C@H](OC)[C@@H](C)C(=O)N[C@H](CO)Cc1ccccc1)OC)N(C)C(=O)[C@@H](NC(=O)[C@H]1COC(=O)N1C)C(C)C. The molecule has 0 radical (unpaired) electrons. The zero-order valence-corrected chi connectivity index (χ0v) is 32.4. The lowest BCUT2D eigenvalue weighted by molar-refractivity contribution is -0.148. The minimum atomic E-state index is -0.891. The zero-order valence-electron chi connectivity index (χ0n) is 32.4. The number of amides is 5. The van der Waals surface area contributed by atoms with Crippen LogP contribution in [0.15, 0.2) is 30.3 Å². The molecule has 2 saturated heterocycles. The quantitative estimate of drug-likeness (QED) is 0.193. The van der Waals surface area contributed by atoms with Gasteiger partial charge in [-0.1, -0.05) is 71.4 Å². The normalized spacial score (nSPS) is 21.5. The molecule has 0 bridgehead atoms. The summed E-state index contributed by atoms with van der Waals surface area (Å²) in [4.78, 5) is 71.2. The smallest absolute Gasteiger partial charge is 0.410 e. The molecule has 0 saturated carbocycles. The number of rotatable bonds is 19. The fourth-order valence-electron chi connectivity index (χ4n) is 7.42. The van der Waals surface area contributed by atoms with Crippen molar-refractivity contribution in [2.45, 2.75) is 109 Å². The van der Waals surface area contributed by atoms with Crippen LogP contribution in [0.1, 0.15) is 65.9 Å². The Morgan fingerprint density at radius 3 is 2.27 bits per heavy atom. The first-order chi connectivity index (χ1) is 24.7. The summed E-state index contributed by atoms with van der Waals surface area (Å²) in [5.41, 5.74) is 0.996. The van der Waals surface area contributed by atoms with E-state index in [1.807, 2.05) is 58.0 Å². The zero-order chi connectivity index (χ0) is 38.7. The van der Waals surface area contributed by atoms with Gasteiger partial charge in [-0.3, -0.25) is 24.1 Å². The highest BCUT2D eigenvalue weighted by Gasteiger charge is 2.44. The molecule has 2 fully saturated rings. The van der Waals surface area contributed by atoms with E-state index in [0.29, 0.717) is 25.8 Å². The topological polar surface area (TPSA) is 167 Å². The molecule has 9 atom stereocenters. The van der Waals surface area contributed by atoms with Gasteiger partial charge in [-0.15, -0.1) is 0 Å². The van der Waals surface area contributed by atoms with Crippen LogP contribution in [0.2, 0.25) is 0 Å². The molecular weight excluding hydrogens is 670 g/mol. The second kappa shape index (κ2) is 19.9. The van der Waals surface area contributed by atoms with Crippen molar-refractivity contribution in [2.75, 3.05) is 48.1 Å². The number of likely N-dealkylation sites (tertiary alicyclic amines) is 1. The average molecular weight is 732 g/mol. The first-order valence-electron chi connectivity index (χ1n) is 18.5. The van der Waals surface area contributed by atoms with Crippen molar-refractivity contribution in [3.63, 3.8) is 0 Å². The minimum absolute atomic E-state index is 0.00861. The van der Waals surface area contributed by atoms with E-state index < -0.39 is 54.3 Å². The standard InChI is InChI=1S/C38H61N5O9/c1-10-24(4)33(42(7)37(48)32(23(2)3)40-36(47)29-22-52-38(49)41(29)6)30(50-8)20-31(45)43-18-14-17-28(43)34(51-9)25(5)35(46)39-27(21-44)19-26-15-12-11-13-16-26/h11-13,15-16,23-25,27-30,32-34,44H,10,14,17-22H2,1-9H3,(H,39,46)(H,40,47)/t24-,25+,27-,28-,29+,30+,32-,33-,34+/m0/s1. The summed E-state index contributed by atoms with van der Waals surface area (Å²) in [7, 11) is 6.22. The first kappa shape index (κ1) is 42.7. The van der Waals surface area contributed by atoms with Gasteiger partial charge >= 0.3 is 6.09 Å². The highest BCUT2D eigenvalue weighted by molar-refractivity contribution is 5.92. The summed E-state index contributed by atoms with van der Waals surface area (Å²) < 4.78 is 16.9. The molecule has 5 amide bonds. The van der Waals surface area contributed by atoms with E-state index in [-0.39, 0.29) is 55.2 Å². The molecule has 0 unspecified atom stereocenters. The third-order valence-corrected chi connectivity index (χ3v) is 10.8. The second-order valence-electron chi connectivity index (χ2n) is 14.6. The summed E-state index contributed by atoms with van der Waals surface area (Å²) >= 11 is 0. The Bertz CT molecular complexity index is 1350. The second-order valence-corrected chi connectivity index (χ2v) is 14.6. The van der Waals surface area contributed by atoms with Crippen LogP contribution in [0.5, 0.6) is 0 Å².